The second-order valence-electron chi connectivity index (χ2n) is 5.94. The van der Waals surface area contributed by atoms with Crippen LogP contribution in [0.1, 0.15) is 81.5 Å². The number of esters is 1. The van der Waals surface area contributed by atoms with E-state index in [1.807, 2.05) is 0 Å². The summed E-state index contributed by atoms with van der Waals surface area (Å²) in [5.41, 5.74) is 0.339. The summed E-state index contributed by atoms with van der Waals surface area (Å²) in [7, 11) is 0. The molecule has 0 aromatic heterocycles. The normalized spacial score (nSPS) is 10.7. The molecule has 0 atom stereocenters. The summed E-state index contributed by atoms with van der Waals surface area (Å²) in [5, 5.41) is 0.864. The molecule has 0 aliphatic rings. The van der Waals surface area contributed by atoms with Gasteiger partial charge in [-0.2, -0.15) is 0 Å². The molecule has 0 radical (unpaired) electrons. The van der Waals surface area contributed by atoms with Crippen LogP contribution in [0.4, 0.5) is 0 Å². The van der Waals surface area contributed by atoms with Gasteiger partial charge >= 0.3 is 5.97 Å². The highest BCUT2D eigenvalue weighted by Crippen LogP contribution is 2.21. The average molecular weight is 359 g/mol. The van der Waals surface area contributed by atoms with Crippen molar-refractivity contribution in [3.8, 4) is 0 Å². The summed E-state index contributed by atoms with van der Waals surface area (Å²) < 4.78 is 5.25. The van der Waals surface area contributed by atoms with Gasteiger partial charge in [0.15, 0.2) is 0 Å². The van der Waals surface area contributed by atoms with Gasteiger partial charge in [-0.05, 0) is 24.6 Å². The molecule has 1 aromatic rings. The van der Waals surface area contributed by atoms with Crippen molar-refractivity contribution in [2.45, 2.75) is 71.1 Å². The molecule has 0 bridgehead atoms. The van der Waals surface area contributed by atoms with Gasteiger partial charge in [-0.15, -0.1) is 0 Å². The molecule has 0 saturated carbocycles. The van der Waals surface area contributed by atoms with Crippen molar-refractivity contribution in [1.82, 2.24) is 0 Å². The molecular weight excluding hydrogens is 331 g/mol. The fourth-order valence-electron chi connectivity index (χ4n) is 2.49. The SMILES string of the molecule is CCCCCCCCCCCCOC(=O)c1cc(Cl)ccc1Cl. The van der Waals surface area contributed by atoms with Gasteiger partial charge in [-0.3, -0.25) is 0 Å². The second-order valence-corrected chi connectivity index (χ2v) is 6.79. The number of rotatable bonds is 12. The highest BCUT2D eigenvalue weighted by atomic mass is 35.5. The third-order valence-corrected chi connectivity index (χ3v) is 4.44. The Morgan fingerprint density at radius 2 is 1.48 bits per heavy atom. The minimum atomic E-state index is -0.395. The largest absolute Gasteiger partial charge is 0.462 e. The third kappa shape index (κ3) is 9.22. The lowest BCUT2D eigenvalue weighted by Gasteiger charge is -2.07. The van der Waals surface area contributed by atoms with E-state index in [9.17, 15) is 4.79 Å². The summed E-state index contributed by atoms with van der Waals surface area (Å²) in [6.45, 7) is 2.69. The van der Waals surface area contributed by atoms with E-state index in [2.05, 4.69) is 6.92 Å². The summed E-state index contributed by atoms with van der Waals surface area (Å²) in [5.74, 6) is -0.395. The van der Waals surface area contributed by atoms with E-state index in [1.54, 1.807) is 18.2 Å². The third-order valence-electron chi connectivity index (χ3n) is 3.88. The number of ether oxygens (including phenoxy) is 1. The van der Waals surface area contributed by atoms with Crippen LogP contribution in [0.15, 0.2) is 18.2 Å². The van der Waals surface area contributed by atoms with Gasteiger partial charge in [0.2, 0.25) is 0 Å². The van der Waals surface area contributed by atoms with Gasteiger partial charge in [0, 0.05) is 5.02 Å². The standard InChI is InChI=1S/C19H28Cl2O2/c1-2-3-4-5-6-7-8-9-10-11-14-23-19(22)17-15-16(20)12-13-18(17)21/h12-13,15H,2-11,14H2,1H3. The minimum Gasteiger partial charge on any atom is -0.462 e. The minimum absolute atomic E-state index is 0.339. The van der Waals surface area contributed by atoms with Crippen molar-refractivity contribution in [1.29, 1.82) is 0 Å². The molecule has 2 nitrogen and oxygen atoms in total. The number of halogens is 2. The summed E-state index contributed by atoms with van der Waals surface area (Å²) in [6, 6.07) is 4.81. The molecule has 0 aliphatic carbocycles. The molecule has 0 unspecified atom stereocenters. The number of hydrogen-bond donors (Lipinski definition) is 0. The number of benzene rings is 1. The zero-order chi connectivity index (χ0) is 16.9. The van der Waals surface area contributed by atoms with E-state index in [4.69, 9.17) is 27.9 Å². The molecule has 130 valence electrons. The molecule has 0 heterocycles. The summed E-state index contributed by atoms with van der Waals surface area (Å²) in [6.07, 6.45) is 12.6. The molecule has 0 amide bonds. The monoisotopic (exact) mass is 358 g/mol. The van der Waals surface area contributed by atoms with Gasteiger partial charge in [0.1, 0.15) is 0 Å². The molecular formula is C19H28Cl2O2. The fraction of sp³-hybridized carbons (Fsp3) is 0.632. The first kappa shape index (κ1) is 20.3. The van der Waals surface area contributed by atoms with E-state index in [0.29, 0.717) is 22.2 Å². The first-order valence-corrected chi connectivity index (χ1v) is 9.53. The maximum atomic E-state index is 11.9. The molecule has 1 aromatic carbocycles. The van der Waals surface area contributed by atoms with E-state index in [1.165, 1.54) is 51.4 Å². The van der Waals surface area contributed by atoms with Crippen LogP contribution in [0.25, 0.3) is 0 Å². The second kappa shape index (κ2) is 12.7. The van der Waals surface area contributed by atoms with Crippen molar-refractivity contribution in [2.24, 2.45) is 0 Å². The number of unbranched alkanes of at least 4 members (excludes halogenated alkanes) is 9. The zero-order valence-corrected chi connectivity index (χ0v) is 15.6. The molecule has 0 N–H and O–H groups in total. The van der Waals surface area contributed by atoms with Crippen LogP contribution in [0.3, 0.4) is 0 Å². The number of carbonyl (C=O) groups is 1. The number of carbonyl (C=O) groups excluding carboxylic acids is 1. The van der Waals surface area contributed by atoms with Crippen LogP contribution in [0.2, 0.25) is 10.0 Å². The van der Waals surface area contributed by atoms with Gasteiger partial charge in [-0.25, -0.2) is 4.79 Å². The topological polar surface area (TPSA) is 26.3 Å². The zero-order valence-electron chi connectivity index (χ0n) is 14.1. The Hall–Kier alpha value is -0.730. The Morgan fingerprint density at radius 3 is 2.09 bits per heavy atom. The molecule has 23 heavy (non-hydrogen) atoms. The van der Waals surface area contributed by atoms with Crippen LogP contribution in [0.5, 0.6) is 0 Å². The van der Waals surface area contributed by atoms with E-state index < -0.39 is 5.97 Å². The van der Waals surface area contributed by atoms with Crippen molar-refractivity contribution >= 4 is 29.2 Å². The highest BCUT2D eigenvalue weighted by molar-refractivity contribution is 6.35. The number of hydrogen-bond acceptors (Lipinski definition) is 2. The Kier molecular flexibility index (Phi) is 11.2. The lowest BCUT2D eigenvalue weighted by Crippen LogP contribution is -2.07. The Bertz CT molecular complexity index is 461. The predicted molar refractivity (Wildman–Crippen MR) is 98.6 cm³/mol. The highest BCUT2D eigenvalue weighted by Gasteiger charge is 2.12. The Labute approximate surface area is 150 Å². The van der Waals surface area contributed by atoms with E-state index in [0.717, 1.165) is 12.8 Å². The van der Waals surface area contributed by atoms with Crippen molar-refractivity contribution in [3.63, 3.8) is 0 Å². The maximum Gasteiger partial charge on any atom is 0.339 e. The van der Waals surface area contributed by atoms with Crippen LogP contribution in [-0.4, -0.2) is 12.6 Å². The molecule has 0 saturated heterocycles. The molecule has 0 spiro atoms. The van der Waals surface area contributed by atoms with Gasteiger partial charge < -0.3 is 4.74 Å². The smallest absolute Gasteiger partial charge is 0.339 e. The van der Waals surface area contributed by atoms with Gasteiger partial charge in [-0.1, -0.05) is 87.9 Å². The van der Waals surface area contributed by atoms with Crippen LogP contribution < -0.4 is 0 Å². The average Bonchev–Trinajstić information content (AvgIpc) is 2.54. The van der Waals surface area contributed by atoms with E-state index >= 15 is 0 Å². The van der Waals surface area contributed by atoms with Crippen molar-refractivity contribution in [2.75, 3.05) is 6.61 Å². The van der Waals surface area contributed by atoms with Crippen LogP contribution >= 0.6 is 23.2 Å². The van der Waals surface area contributed by atoms with Crippen molar-refractivity contribution in [3.05, 3.63) is 33.8 Å². The lowest BCUT2D eigenvalue weighted by atomic mass is 10.1. The van der Waals surface area contributed by atoms with Gasteiger partial charge in [0.25, 0.3) is 0 Å². The Balaban J connectivity index is 2.02. The van der Waals surface area contributed by atoms with E-state index in [-0.39, 0.29) is 0 Å². The maximum absolute atomic E-state index is 11.9. The molecule has 1 rings (SSSR count). The predicted octanol–water partition coefficient (Wildman–Crippen LogP) is 7.07. The van der Waals surface area contributed by atoms with Gasteiger partial charge in [0.05, 0.1) is 17.2 Å². The van der Waals surface area contributed by atoms with Crippen molar-refractivity contribution < 1.29 is 9.53 Å². The molecule has 0 aliphatic heterocycles. The summed E-state index contributed by atoms with van der Waals surface area (Å²) >= 11 is 11.8. The summed E-state index contributed by atoms with van der Waals surface area (Å²) in [4.78, 5) is 11.9. The fourth-order valence-corrected chi connectivity index (χ4v) is 2.85. The first-order chi connectivity index (χ1) is 11.1. The van der Waals surface area contributed by atoms with Crippen LogP contribution in [-0.2, 0) is 4.74 Å². The molecule has 4 heteroatoms. The Morgan fingerprint density at radius 1 is 0.913 bits per heavy atom. The lowest BCUT2D eigenvalue weighted by molar-refractivity contribution is 0.0498. The van der Waals surface area contributed by atoms with Crippen LogP contribution in [0, 0.1) is 0 Å². The molecule has 0 fully saturated rings. The quantitative estimate of drug-likeness (QED) is 0.295. The first-order valence-electron chi connectivity index (χ1n) is 8.77.